The molecule has 0 bridgehead atoms. The average molecular weight is 472 g/mol. The fourth-order valence-electron chi connectivity index (χ4n) is 4.74. The number of carboxylic acids is 1. The number of hydrogen-bond donors (Lipinski definition) is 2. The quantitative estimate of drug-likeness (QED) is 0.155. The Morgan fingerprint density at radius 1 is 1.21 bits per heavy atom. The standard InChI is InChI=1S/C27H37NO6/c1-2-3-11-17-27(32,22-12-7-6-8-13-22)18-16-23-21(20-28(33)34)19-25(29)24(23)14-9-4-5-10-15-26(30)31/h4,6-9,12-13,16,18,21,23-24,32H,2-3,5,10-11,14-15,17,19-20H2,1H3,(H,30,31)/b9-4+,18-16-. The van der Waals surface area contributed by atoms with Crippen molar-refractivity contribution in [2.45, 2.75) is 70.3 Å². The fraction of sp³-hybridized carbons (Fsp3) is 0.556. The summed E-state index contributed by atoms with van der Waals surface area (Å²) in [5.74, 6) is -1.95. The van der Waals surface area contributed by atoms with Crippen LogP contribution in [0.25, 0.3) is 0 Å². The highest BCUT2D eigenvalue weighted by atomic mass is 16.6. The summed E-state index contributed by atoms with van der Waals surface area (Å²) in [5.41, 5.74) is -0.425. The van der Waals surface area contributed by atoms with Crippen LogP contribution in [0.1, 0.15) is 70.3 Å². The summed E-state index contributed by atoms with van der Waals surface area (Å²) in [6, 6.07) is 9.40. The third-order valence-corrected chi connectivity index (χ3v) is 6.62. The number of aliphatic carboxylic acids is 1. The van der Waals surface area contributed by atoms with Crippen LogP contribution in [0.15, 0.2) is 54.6 Å². The zero-order valence-electron chi connectivity index (χ0n) is 20.0. The topological polar surface area (TPSA) is 118 Å². The first-order chi connectivity index (χ1) is 16.3. The van der Waals surface area contributed by atoms with Gasteiger partial charge in [0, 0.05) is 29.6 Å². The molecule has 1 aromatic rings. The van der Waals surface area contributed by atoms with Crippen LogP contribution in [0.5, 0.6) is 0 Å². The van der Waals surface area contributed by atoms with Gasteiger partial charge >= 0.3 is 5.97 Å². The molecule has 0 amide bonds. The Hall–Kier alpha value is -2.80. The summed E-state index contributed by atoms with van der Waals surface area (Å²) in [6.45, 7) is 1.82. The molecule has 0 aliphatic heterocycles. The molecule has 1 fully saturated rings. The van der Waals surface area contributed by atoms with Crippen LogP contribution in [-0.2, 0) is 15.2 Å². The molecular formula is C27H37NO6. The van der Waals surface area contributed by atoms with Crippen molar-refractivity contribution in [1.82, 2.24) is 0 Å². The molecule has 1 aliphatic rings. The number of rotatable bonds is 15. The van der Waals surface area contributed by atoms with Gasteiger partial charge in [-0.05, 0) is 43.6 Å². The molecule has 4 atom stereocenters. The predicted octanol–water partition coefficient (Wildman–Crippen LogP) is 5.31. The highest BCUT2D eigenvalue weighted by molar-refractivity contribution is 5.84. The maximum Gasteiger partial charge on any atom is 0.303 e. The highest BCUT2D eigenvalue weighted by Crippen LogP contribution is 2.40. The number of carbonyl (C=O) groups is 2. The maximum absolute atomic E-state index is 12.8. The minimum atomic E-state index is -1.20. The van der Waals surface area contributed by atoms with E-state index in [0.29, 0.717) is 25.7 Å². The second-order valence-electron chi connectivity index (χ2n) is 9.23. The minimum absolute atomic E-state index is 0.00548. The Bertz CT molecular complexity index is 865. The smallest absolute Gasteiger partial charge is 0.303 e. The van der Waals surface area contributed by atoms with Gasteiger partial charge < -0.3 is 10.2 Å². The van der Waals surface area contributed by atoms with Crippen LogP contribution >= 0.6 is 0 Å². The number of benzene rings is 1. The molecule has 0 spiro atoms. The molecule has 186 valence electrons. The van der Waals surface area contributed by atoms with Gasteiger partial charge in [-0.2, -0.15) is 0 Å². The van der Waals surface area contributed by atoms with E-state index in [-0.39, 0.29) is 41.9 Å². The van der Waals surface area contributed by atoms with Crippen molar-refractivity contribution in [3.05, 3.63) is 70.3 Å². The van der Waals surface area contributed by atoms with Crippen LogP contribution in [0.3, 0.4) is 0 Å². The van der Waals surface area contributed by atoms with Crippen LogP contribution in [-0.4, -0.2) is 33.4 Å². The first-order valence-electron chi connectivity index (χ1n) is 12.3. The lowest BCUT2D eigenvalue weighted by Gasteiger charge is -2.27. The van der Waals surface area contributed by atoms with Crippen LogP contribution in [0.2, 0.25) is 0 Å². The van der Waals surface area contributed by atoms with Gasteiger partial charge in [-0.25, -0.2) is 0 Å². The lowest BCUT2D eigenvalue weighted by molar-refractivity contribution is -0.489. The van der Waals surface area contributed by atoms with Crippen LogP contribution in [0, 0.1) is 27.9 Å². The maximum atomic E-state index is 12.8. The van der Waals surface area contributed by atoms with E-state index in [1.807, 2.05) is 48.6 Å². The van der Waals surface area contributed by atoms with Gasteiger partial charge in [-0.3, -0.25) is 19.7 Å². The van der Waals surface area contributed by atoms with Gasteiger partial charge in [0.25, 0.3) is 0 Å². The number of nitro groups is 1. The second-order valence-corrected chi connectivity index (χ2v) is 9.23. The molecule has 34 heavy (non-hydrogen) atoms. The third kappa shape index (κ3) is 8.52. The molecule has 1 aromatic carbocycles. The van der Waals surface area contributed by atoms with Crippen molar-refractivity contribution in [3.8, 4) is 0 Å². The van der Waals surface area contributed by atoms with Gasteiger partial charge in [0.2, 0.25) is 6.54 Å². The molecule has 2 rings (SSSR count). The molecule has 7 heteroatoms. The first kappa shape index (κ1) is 27.4. The normalized spacial score (nSPS) is 22.4. The van der Waals surface area contributed by atoms with Crippen LogP contribution < -0.4 is 0 Å². The molecular weight excluding hydrogens is 434 g/mol. The van der Waals surface area contributed by atoms with Crippen molar-refractivity contribution < 1.29 is 24.7 Å². The Labute approximate surface area is 201 Å². The Balaban J connectivity index is 2.22. The third-order valence-electron chi connectivity index (χ3n) is 6.62. The second kappa shape index (κ2) is 13.8. The SMILES string of the molecule is CCCCCC(O)(/C=C\C1C(C[N+](=O)[O-])CC(=O)C1C/C=C/CCCC(=O)O)c1ccccc1. The summed E-state index contributed by atoms with van der Waals surface area (Å²) < 4.78 is 0. The van der Waals surface area contributed by atoms with E-state index in [1.54, 1.807) is 6.08 Å². The predicted molar refractivity (Wildman–Crippen MR) is 131 cm³/mol. The van der Waals surface area contributed by atoms with E-state index in [2.05, 4.69) is 6.92 Å². The van der Waals surface area contributed by atoms with Crippen molar-refractivity contribution in [1.29, 1.82) is 0 Å². The Morgan fingerprint density at radius 2 is 1.94 bits per heavy atom. The van der Waals surface area contributed by atoms with E-state index in [1.165, 1.54) is 0 Å². The summed E-state index contributed by atoms with van der Waals surface area (Å²) in [7, 11) is 0. The van der Waals surface area contributed by atoms with Crippen molar-refractivity contribution in [2.75, 3.05) is 6.54 Å². The lowest BCUT2D eigenvalue weighted by atomic mass is 9.82. The molecule has 0 saturated heterocycles. The number of hydrogen-bond acceptors (Lipinski definition) is 5. The summed E-state index contributed by atoms with van der Waals surface area (Å²) in [5, 5.41) is 31.5. The Kier molecular flexibility index (Phi) is 11.1. The van der Waals surface area contributed by atoms with Crippen molar-refractivity contribution in [3.63, 3.8) is 0 Å². The van der Waals surface area contributed by atoms with Gasteiger partial charge in [0.05, 0.1) is 0 Å². The number of aliphatic hydroxyl groups is 1. The summed E-state index contributed by atoms with van der Waals surface area (Å²) in [6.07, 6.45) is 12.6. The van der Waals surface area contributed by atoms with Gasteiger partial charge in [0.1, 0.15) is 11.4 Å². The average Bonchev–Trinajstić information content (AvgIpc) is 3.08. The summed E-state index contributed by atoms with van der Waals surface area (Å²) in [4.78, 5) is 34.3. The fourth-order valence-corrected chi connectivity index (χ4v) is 4.74. The van der Waals surface area contributed by atoms with Crippen molar-refractivity contribution in [2.24, 2.45) is 17.8 Å². The van der Waals surface area contributed by atoms with Crippen LogP contribution in [0.4, 0.5) is 0 Å². The van der Waals surface area contributed by atoms with Gasteiger partial charge in [-0.1, -0.05) is 74.4 Å². The molecule has 0 radical (unpaired) electrons. The number of Topliss-reactive ketones (excluding diaryl/α,β-unsaturated/α-hetero) is 1. The molecule has 1 saturated carbocycles. The van der Waals surface area contributed by atoms with E-state index in [4.69, 9.17) is 5.11 Å². The number of carbonyl (C=O) groups excluding carboxylic acids is 1. The molecule has 1 aliphatic carbocycles. The highest BCUT2D eigenvalue weighted by Gasteiger charge is 2.43. The van der Waals surface area contributed by atoms with E-state index >= 15 is 0 Å². The lowest BCUT2D eigenvalue weighted by Crippen LogP contribution is -2.25. The summed E-state index contributed by atoms with van der Waals surface area (Å²) >= 11 is 0. The molecule has 2 N–H and O–H groups in total. The number of nitrogens with zero attached hydrogens (tertiary/aromatic N) is 1. The van der Waals surface area contributed by atoms with E-state index in [9.17, 15) is 24.8 Å². The Morgan fingerprint density at radius 3 is 2.59 bits per heavy atom. The number of ketones is 1. The number of carboxylic acid groups (broad SMARTS) is 1. The molecule has 7 nitrogen and oxygen atoms in total. The van der Waals surface area contributed by atoms with E-state index < -0.39 is 17.5 Å². The van der Waals surface area contributed by atoms with E-state index in [0.717, 1.165) is 24.8 Å². The molecule has 4 unspecified atom stereocenters. The van der Waals surface area contributed by atoms with Crippen molar-refractivity contribution >= 4 is 11.8 Å². The number of allylic oxidation sites excluding steroid dienone is 3. The zero-order valence-corrected chi connectivity index (χ0v) is 20.0. The molecule has 0 aromatic heterocycles. The number of unbranched alkanes of at least 4 members (excludes halogenated alkanes) is 3. The monoisotopic (exact) mass is 471 g/mol. The largest absolute Gasteiger partial charge is 0.481 e. The zero-order chi connectivity index (χ0) is 25.0. The van der Waals surface area contributed by atoms with Gasteiger partial charge in [-0.15, -0.1) is 0 Å². The van der Waals surface area contributed by atoms with Gasteiger partial charge in [0.15, 0.2) is 0 Å². The first-order valence-corrected chi connectivity index (χ1v) is 12.3. The minimum Gasteiger partial charge on any atom is -0.481 e. The molecule has 0 heterocycles.